The van der Waals surface area contributed by atoms with Crippen molar-refractivity contribution in [3.63, 3.8) is 0 Å². The number of carbonyl (C=O) groups is 1. The predicted octanol–water partition coefficient (Wildman–Crippen LogP) is 2.87. The number of carbonyl (C=O) groups excluding carboxylic acids is 1. The van der Waals surface area contributed by atoms with E-state index in [9.17, 15) is 4.79 Å². The van der Waals surface area contributed by atoms with E-state index in [1.807, 2.05) is 0 Å². The standard InChI is InChI=1S/C14H27NO2/c1-3-11(4-2)10-17-14(16)13(15)12-8-6-5-7-9-12/h11-13H,3-10,15H2,1-2H3. The van der Waals surface area contributed by atoms with Gasteiger partial charge < -0.3 is 10.5 Å². The van der Waals surface area contributed by atoms with E-state index < -0.39 is 6.04 Å². The van der Waals surface area contributed by atoms with Crippen molar-refractivity contribution >= 4 is 5.97 Å². The molecule has 0 bridgehead atoms. The van der Waals surface area contributed by atoms with Crippen molar-refractivity contribution in [2.45, 2.75) is 64.8 Å². The summed E-state index contributed by atoms with van der Waals surface area (Å²) >= 11 is 0. The van der Waals surface area contributed by atoms with Crippen molar-refractivity contribution in [1.82, 2.24) is 0 Å². The number of ether oxygens (including phenoxy) is 1. The average Bonchev–Trinajstić information content (AvgIpc) is 2.39. The Kier molecular flexibility index (Phi) is 6.56. The van der Waals surface area contributed by atoms with Gasteiger partial charge in [-0.3, -0.25) is 4.79 Å². The molecule has 1 saturated carbocycles. The van der Waals surface area contributed by atoms with Crippen LogP contribution in [0.3, 0.4) is 0 Å². The lowest BCUT2D eigenvalue weighted by Crippen LogP contribution is -2.40. The second-order valence-electron chi connectivity index (χ2n) is 5.24. The van der Waals surface area contributed by atoms with E-state index in [2.05, 4.69) is 13.8 Å². The Bertz CT molecular complexity index is 220. The van der Waals surface area contributed by atoms with Gasteiger partial charge in [0.05, 0.1) is 6.61 Å². The Hall–Kier alpha value is -0.570. The fourth-order valence-corrected chi connectivity index (χ4v) is 2.51. The summed E-state index contributed by atoms with van der Waals surface area (Å²) in [6, 6.07) is -0.398. The van der Waals surface area contributed by atoms with Gasteiger partial charge in [0, 0.05) is 0 Å². The molecule has 1 aliphatic carbocycles. The highest BCUT2D eigenvalue weighted by atomic mass is 16.5. The van der Waals surface area contributed by atoms with E-state index in [-0.39, 0.29) is 5.97 Å². The smallest absolute Gasteiger partial charge is 0.323 e. The zero-order chi connectivity index (χ0) is 12.7. The number of hydrogen-bond acceptors (Lipinski definition) is 3. The SMILES string of the molecule is CCC(CC)COC(=O)C(N)C1CCCCC1. The van der Waals surface area contributed by atoms with Crippen molar-refractivity contribution in [3.8, 4) is 0 Å². The van der Waals surface area contributed by atoms with Crippen molar-refractivity contribution < 1.29 is 9.53 Å². The molecule has 3 heteroatoms. The van der Waals surface area contributed by atoms with Gasteiger partial charge in [0.2, 0.25) is 0 Å². The summed E-state index contributed by atoms with van der Waals surface area (Å²) in [5.41, 5.74) is 5.99. The van der Waals surface area contributed by atoms with E-state index in [1.54, 1.807) is 0 Å². The lowest BCUT2D eigenvalue weighted by Gasteiger charge is -2.26. The molecule has 1 unspecified atom stereocenters. The van der Waals surface area contributed by atoms with Crippen LogP contribution in [-0.2, 0) is 9.53 Å². The molecule has 0 aromatic heterocycles. The fourth-order valence-electron chi connectivity index (χ4n) is 2.51. The summed E-state index contributed by atoms with van der Waals surface area (Å²) in [5, 5.41) is 0. The third kappa shape index (κ3) is 4.66. The quantitative estimate of drug-likeness (QED) is 0.727. The Morgan fingerprint density at radius 2 is 1.82 bits per heavy atom. The molecule has 0 saturated heterocycles. The normalized spacial score (nSPS) is 19.3. The Morgan fingerprint density at radius 3 is 2.35 bits per heavy atom. The molecule has 1 rings (SSSR count). The van der Waals surface area contributed by atoms with Gasteiger partial charge in [-0.05, 0) is 24.7 Å². The number of nitrogens with two attached hydrogens (primary N) is 1. The third-order valence-electron chi connectivity index (χ3n) is 4.05. The second kappa shape index (κ2) is 7.70. The van der Waals surface area contributed by atoms with Gasteiger partial charge in [0.15, 0.2) is 0 Å². The molecule has 0 aromatic carbocycles. The molecule has 0 aromatic rings. The topological polar surface area (TPSA) is 52.3 Å². The number of rotatable bonds is 6. The first-order valence-electron chi connectivity index (χ1n) is 7.11. The van der Waals surface area contributed by atoms with Crippen molar-refractivity contribution in [1.29, 1.82) is 0 Å². The minimum atomic E-state index is -0.398. The molecule has 0 aliphatic heterocycles. The molecule has 0 radical (unpaired) electrons. The van der Waals surface area contributed by atoms with Crippen LogP contribution in [0.2, 0.25) is 0 Å². The lowest BCUT2D eigenvalue weighted by atomic mass is 9.84. The predicted molar refractivity (Wildman–Crippen MR) is 69.6 cm³/mol. The first-order valence-corrected chi connectivity index (χ1v) is 7.11. The van der Waals surface area contributed by atoms with Gasteiger partial charge in [-0.1, -0.05) is 46.0 Å². The minimum absolute atomic E-state index is 0.191. The van der Waals surface area contributed by atoms with Crippen LogP contribution in [-0.4, -0.2) is 18.6 Å². The molecule has 17 heavy (non-hydrogen) atoms. The van der Waals surface area contributed by atoms with Crippen LogP contribution in [0.25, 0.3) is 0 Å². The fraction of sp³-hybridized carbons (Fsp3) is 0.929. The van der Waals surface area contributed by atoms with Gasteiger partial charge in [-0.25, -0.2) is 0 Å². The molecule has 0 heterocycles. The summed E-state index contributed by atoms with van der Waals surface area (Å²) in [5.74, 6) is 0.638. The van der Waals surface area contributed by atoms with Crippen LogP contribution in [0, 0.1) is 11.8 Å². The molecular formula is C14H27NO2. The van der Waals surface area contributed by atoms with Crippen LogP contribution >= 0.6 is 0 Å². The maximum Gasteiger partial charge on any atom is 0.323 e. The highest BCUT2D eigenvalue weighted by molar-refractivity contribution is 5.75. The second-order valence-corrected chi connectivity index (χ2v) is 5.24. The molecule has 3 nitrogen and oxygen atoms in total. The van der Waals surface area contributed by atoms with Gasteiger partial charge >= 0.3 is 5.97 Å². The van der Waals surface area contributed by atoms with E-state index in [0.717, 1.165) is 25.7 Å². The van der Waals surface area contributed by atoms with Crippen LogP contribution in [0.15, 0.2) is 0 Å². The first-order chi connectivity index (χ1) is 8.19. The van der Waals surface area contributed by atoms with E-state index in [1.165, 1.54) is 19.3 Å². The summed E-state index contributed by atoms with van der Waals surface area (Å²) in [7, 11) is 0. The van der Waals surface area contributed by atoms with Crippen molar-refractivity contribution in [2.75, 3.05) is 6.61 Å². The van der Waals surface area contributed by atoms with Gasteiger partial charge in [0.25, 0.3) is 0 Å². The Balaban J connectivity index is 2.30. The number of hydrogen-bond donors (Lipinski definition) is 1. The van der Waals surface area contributed by atoms with E-state index in [0.29, 0.717) is 18.4 Å². The van der Waals surface area contributed by atoms with Crippen LogP contribution in [0.4, 0.5) is 0 Å². The van der Waals surface area contributed by atoms with Crippen molar-refractivity contribution in [2.24, 2.45) is 17.6 Å². The van der Waals surface area contributed by atoms with Gasteiger partial charge in [0.1, 0.15) is 6.04 Å². The summed E-state index contributed by atoms with van der Waals surface area (Å²) < 4.78 is 5.34. The molecule has 100 valence electrons. The maximum atomic E-state index is 11.8. The highest BCUT2D eigenvalue weighted by Gasteiger charge is 2.27. The third-order valence-corrected chi connectivity index (χ3v) is 4.05. The summed E-state index contributed by atoms with van der Waals surface area (Å²) in [6.45, 7) is 4.79. The Morgan fingerprint density at radius 1 is 1.24 bits per heavy atom. The van der Waals surface area contributed by atoms with Crippen LogP contribution in [0.1, 0.15) is 58.8 Å². The van der Waals surface area contributed by atoms with Gasteiger partial charge in [-0.2, -0.15) is 0 Å². The average molecular weight is 241 g/mol. The number of esters is 1. The molecule has 1 atom stereocenters. The van der Waals surface area contributed by atoms with Gasteiger partial charge in [-0.15, -0.1) is 0 Å². The maximum absolute atomic E-state index is 11.8. The lowest BCUT2D eigenvalue weighted by molar-refractivity contribution is -0.148. The van der Waals surface area contributed by atoms with Crippen LogP contribution < -0.4 is 5.73 Å². The monoisotopic (exact) mass is 241 g/mol. The molecular weight excluding hydrogens is 214 g/mol. The Labute approximate surface area is 105 Å². The summed E-state index contributed by atoms with van der Waals surface area (Å²) in [4.78, 5) is 11.8. The zero-order valence-corrected chi connectivity index (χ0v) is 11.3. The molecule has 1 fully saturated rings. The molecule has 2 N–H and O–H groups in total. The molecule has 0 spiro atoms. The largest absolute Gasteiger partial charge is 0.464 e. The molecule has 1 aliphatic rings. The first kappa shape index (κ1) is 14.5. The minimum Gasteiger partial charge on any atom is -0.464 e. The molecule has 0 amide bonds. The van der Waals surface area contributed by atoms with Crippen molar-refractivity contribution in [3.05, 3.63) is 0 Å². The van der Waals surface area contributed by atoms with Crippen LogP contribution in [0.5, 0.6) is 0 Å². The summed E-state index contributed by atoms with van der Waals surface area (Å²) in [6.07, 6.45) is 7.98. The zero-order valence-electron chi connectivity index (χ0n) is 11.3. The highest BCUT2D eigenvalue weighted by Crippen LogP contribution is 2.26. The van der Waals surface area contributed by atoms with E-state index >= 15 is 0 Å². The van der Waals surface area contributed by atoms with E-state index in [4.69, 9.17) is 10.5 Å².